The number of nitrogens with two attached hydrogens (primary N) is 1. The van der Waals surface area contributed by atoms with Gasteiger partial charge >= 0.3 is 5.97 Å². The molecule has 0 fully saturated rings. The molecule has 0 heterocycles. The number of alkyl halides is 1. The van der Waals surface area contributed by atoms with Gasteiger partial charge in [-0.05, 0) is 13.3 Å². The summed E-state index contributed by atoms with van der Waals surface area (Å²) in [6.45, 7) is 2.91. The largest absolute Gasteiger partial charge is 0.468 e. The van der Waals surface area contributed by atoms with Crippen LogP contribution in [0.15, 0.2) is 0 Å². The molecule has 2 unspecified atom stereocenters. The molecule has 4 heteroatoms. The van der Waals surface area contributed by atoms with E-state index in [2.05, 4.69) is 4.74 Å². The molecule has 0 aliphatic carbocycles. The van der Waals surface area contributed by atoms with E-state index in [1.54, 1.807) is 6.92 Å². The zero-order valence-corrected chi connectivity index (χ0v) is 7.06. The van der Waals surface area contributed by atoms with Crippen LogP contribution in [0.25, 0.3) is 0 Å². The lowest BCUT2D eigenvalue weighted by atomic mass is 9.96. The van der Waals surface area contributed by atoms with Gasteiger partial charge in [-0.3, -0.25) is 4.79 Å². The number of esters is 1. The molecule has 2 atom stereocenters. The third kappa shape index (κ3) is 2.46. The Kier molecular flexibility index (Phi) is 3.45. The van der Waals surface area contributed by atoms with Crippen molar-refractivity contribution in [3.8, 4) is 0 Å². The Hall–Kier alpha value is -0.640. The Bertz CT molecular complexity index is 147. The fraction of sp³-hybridized carbons (Fsp3) is 0.857. The monoisotopic (exact) mass is 163 g/mol. The minimum atomic E-state index is -1.67. The SMILES string of the molecule is CCC(C)(F)C(N)C(=O)OC. The standard InChI is InChI=1S/C7H14FNO2/c1-4-7(2,8)5(9)6(10)11-3/h5H,4,9H2,1-3H3. The highest BCUT2D eigenvalue weighted by Gasteiger charge is 2.35. The van der Waals surface area contributed by atoms with Crippen molar-refractivity contribution >= 4 is 5.97 Å². The molecule has 0 aromatic rings. The normalized spacial score (nSPS) is 18.6. The quantitative estimate of drug-likeness (QED) is 0.621. The first-order chi connectivity index (χ1) is 4.95. The zero-order chi connectivity index (χ0) is 9.07. The van der Waals surface area contributed by atoms with Gasteiger partial charge in [0.2, 0.25) is 0 Å². The molecule has 0 amide bonds. The van der Waals surface area contributed by atoms with E-state index in [4.69, 9.17) is 5.73 Å². The molecule has 0 spiro atoms. The second-order valence-electron chi connectivity index (χ2n) is 2.63. The summed E-state index contributed by atoms with van der Waals surface area (Å²) in [7, 11) is 1.19. The maximum atomic E-state index is 13.2. The highest BCUT2D eigenvalue weighted by atomic mass is 19.1. The molecular weight excluding hydrogens is 149 g/mol. The summed E-state index contributed by atoms with van der Waals surface area (Å²) in [6, 6.07) is -1.18. The maximum Gasteiger partial charge on any atom is 0.325 e. The highest BCUT2D eigenvalue weighted by molar-refractivity contribution is 5.76. The van der Waals surface area contributed by atoms with Crippen LogP contribution in [0.1, 0.15) is 20.3 Å². The number of halogens is 1. The number of rotatable bonds is 3. The number of hydrogen-bond donors (Lipinski definition) is 1. The van der Waals surface area contributed by atoms with Crippen LogP contribution >= 0.6 is 0 Å². The minimum absolute atomic E-state index is 0.198. The van der Waals surface area contributed by atoms with Gasteiger partial charge in [-0.25, -0.2) is 4.39 Å². The van der Waals surface area contributed by atoms with E-state index in [-0.39, 0.29) is 6.42 Å². The number of carbonyl (C=O) groups is 1. The first-order valence-electron chi connectivity index (χ1n) is 3.48. The lowest BCUT2D eigenvalue weighted by molar-refractivity contribution is -0.145. The molecule has 0 aromatic heterocycles. The summed E-state index contributed by atoms with van der Waals surface area (Å²) in [5.41, 5.74) is 3.59. The van der Waals surface area contributed by atoms with Crippen LogP contribution < -0.4 is 5.73 Å². The average Bonchev–Trinajstić information content (AvgIpc) is 2.01. The third-order valence-electron chi connectivity index (χ3n) is 1.79. The number of methoxy groups -OCH3 is 1. The van der Waals surface area contributed by atoms with Crippen LogP contribution in [0.5, 0.6) is 0 Å². The summed E-state index contributed by atoms with van der Waals surface area (Å²) < 4.78 is 17.5. The van der Waals surface area contributed by atoms with E-state index < -0.39 is 17.7 Å². The van der Waals surface area contributed by atoms with Crippen molar-refractivity contribution in [2.75, 3.05) is 7.11 Å². The van der Waals surface area contributed by atoms with Crippen LogP contribution in [-0.4, -0.2) is 24.8 Å². The number of carbonyl (C=O) groups excluding carboxylic acids is 1. The van der Waals surface area contributed by atoms with Gasteiger partial charge in [0.15, 0.2) is 0 Å². The van der Waals surface area contributed by atoms with Gasteiger partial charge in [-0.1, -0.05) is 6.92 Å². The minimum Gasteiger partial charge on any atom is -0.468 e. The average molecular weight is 163 g/mol. The van der Waals surface area contributed by atoms with Gasteiger partial charge in [-0.15, -0.1) is 0 Å². The van der Waals surface area contributed by atoms with E-state index in [0.717, 1.165) is 0 Å². The van der Waals surface area contributed by atoms with Crippen molar-refractivity contribution in [3.05, 3.63) is 0 Å². The van der Waals surface area contributed by atoms with Crippen molar-refractivity contribution in [1.29, 1.82) is 0 Å². The lowest BCUT2D eigenvalue weighted by Crippen LogP contribution is -2.48. The Morgan fingerprint density at radius 3 is 2.55 bits per heavy atom. The molecule has 2 N–H and O–H groups in total. The van der Waals surface area contributed by atoms with E-state index in [1.807, 2.05) is 0 Å². The summed E-state index contributed by atoms with van der Waals surface area (Å²) in [5, 5.41) is 0. The van der Waals surface area contributed by atoms with Gasteiger partial charge < -0.3 is 10.5 Å². The molecule has 0 aliphatic heterocycles. The molecule has 0 aliphatic rings. The molecule has 0 saturated heterocycles. The first kappa shape index (κ1) is 10.4. The van der Waals surface area contributed by atoms with Gasteiger partial charge in [-0.2, -0.15) is 0 Å². The van der Waals surface area contributed by atoms with Crippen molar-refractivity contribution < 1.29 is 13.9 Å². The summed E-state index contributed by atoms with van der Waals surface area (Å²) >= 11 is 0. The van der Waals surface area contributed by atoms with Crippen molar-refractivity contribution in [2.45, 2.75) is 32.0 Å². The highest BCUT2D eigenvalue weighted by Crippen LogP contribution is 2.18. The van der Waals surface area contributed by atoms with Gasteiger partial charge in [0.05, 0.1) is 7.11 Å². The third-order valence-corrected chi connectivity index (χ3v) is 1.79. The fourth-order valence-corrected chi connectivity index (χ4v) is 0.593. The Morgan fingerprint density at radius 1 is 1.82 bits per heavy atom. The van der Waals surface area contributed by atoms with Crippen molar-refractivity contribution in [1.82, 2.24) is 0 Å². The maximum absolute atomic E-state index is 13.2. The second kappa shape index (κ2) is 3.67. The van der Waals surface area contributed by atoms with Gasteiger partial charge in [0.25, 0.3) is 0 Å². The second-order valence-corrected chi connectivity index (χ2v) is 2.63. The molecule has 0 bridgehead atoms. The van der Waals surface area contributed by atoms with Crippen LogP contribution in [0.4, 0.5) is 4.39 Å². The first-order valence-corrected chi connectivity index (χ1v) is 3.48. The van der Waals surface area contributed by atoms with Crippen LogP contribution in [0.3, 0.4) is 0 Å². The smallest absolute Gasteiger partial charge is 0.325 e. The van der Waals surface area contributed by atoms with Crippen LogP contribution in [-0.2, 0) is 9.53 Å². The van der Waals surface area contributed by atoms with Gasteiger partial charge in [0.1, 0.15) is 11.7 Å². The molecular formula is C7H14FNO2. The summed E-state index contributed by atoms with van der Waals surface area (Å²) in [5.74, 6) is -0.711. The van der Waals surface area contributed by atoms with E-state index >= 15 is 0 Å². The molecule has 0 saturated carbocycles. The van der Waals surface area contributed by atoms with Gasteiger partial charge in [0, 0.05) is 0 Å². The van der Waals surface area contributed by atoms with E-state index in [1.165, 1.54) is 14.0 Å². The number of hydrogen-bond acceptors (Lipinski definition) is 3. The lowest BCUT2D eigenvalue weighted by Gasteiger charge is -2.23. The van der Waals surface area contributed by atoms with Crippen LogP contribution in [0.2, 0.25) is 0 Å². The summed E-state index contributed by atoms with van der Waals surface area (Å²) in [6.07, 6.45) is 0.198. The topological polar surface area (TPSA) is 52.3 Å². The predicted octanol–water partition coefficient (Wildman–Crippen LogP) is 0.625. The van der Waals surface area contributed by atoms with E-state index in [0.29, 0.717) is 0 Å². The molecule has 0 radical (unpaired) electrons. The molecule has 11 heavy (non-hydrogen) atoms. The number of ether oxygens (including phenoxy) is 1. The Balaban J connectivity index is 4.22. The molecule has 0 rings (SSSR count). The van der Waals surface area contributed by atoms with Crippen molar-refractivity contribution in [2.24, 2.45) is 5.73 Å². The molecule has 66 valence electrons. The predicted molar refractivity (Wildman–Crippen MR) is 39.8 cm³/mol. The molecule has 0 aromatic carbocycles. The van der Waals surface area contributed by atoms with E-state index in [9.17, 15) is 9.18 Å². The summed E-state index contributed by atoms with van der Waals surface area (Å²) in [4.78, 5) is 10.7. The fourth-order valence-electron chi connectivity index (χ4n) is 0.593. The van der Waals surface area contributed by atoms with Crippen molar-refractivity contribution in [3.63, 3.8) is 0 Å². The molecule has 3 nitrogen and oxygen atoms in total. The Morgan fingerprint density at radius 2 is 2.27 bits per heavy atom. The van der Waals surface area contributed by atoms with Crippen LogP contribution in [0, 0.1) is 0 Å². The Labute approximate surface area is 65.7 Å². The zero-order valence-electron chi connectivity index (χ0n) is 7.06.